The Labute approximate surface area is 112 Å². The van der Waals surface area contributed by atoms with Crippen molar-refractivity contribution < 1.29 is 0 Å². The van der Waals surface area contributed by atoms with E-state index in [0.29, 0.717) is 11.3 Å². The average Bonchev–Trinajstić information content (AvgIpc) is 2.38. The second kappa shape index (κ2) is 5.42. The van der Waals surface area contributed by atoms with Gasteiger partial charge < -0.3 is 0 Å². The van der Waals surface area contributed by atoms with Gasteiger partial charge in [-0.2, -0.15) is 0 Å². The number of rotatable bonds is 2. The zero-order valence-corrected chi connectivity index (χ0v) is 12.4. The van der Waals surface area contributed by atoms with Gasteiger partial charge in [0.25, 0.3) is 0 Å². The number of hydrogen-bond acceptors (Lipinski definition) is 1. The van der Waals surface area contributed by atoms with Gasteiger partial charge in [0.05, 0.1) is 0 Å². The van der Waals surface area contributed by atoms with Gasteiger partial charge >= 0.3 is 0 Å². The van der Waals surface area contributed by atoms with Gasteiger partial charge in [-0.1, -0.05) is 33.8 Å². The molecule has 0 N–H and O–H groups in total. The lowest BCUT2D eigenvalue weighted by Crippen LogP contribution is -2.25. The van der Waals surface area contributed by atoms with Crippen molar-refractivity contribution in [3.05, 3.63) is 29.6 Å². The Morgan fingerprint density at radius 1 is 1.11 bits per heavy atom. The third kappa shape index (κ3) is 3.13. The van der Waals surface area contributed by atoms with E-state index in [-0.39, 0.29) is 0 Å². The van der Waals surface area contributed by atoms with Crippen molar-refractivity contribution in [2.24, 2.45) is 11.3 Å². The summed E-state index contributed by atoms with van der Waals surface area (Å²) < 4.78 is 0. The Balaban J connectivity index is 1.96. The Kier molecular flexibility index (Phi) is 4.09. The predicted molar refractivity (Wildman–Crippen MR) is 77.8 cm³/mol. The van der Waals surface area contributed by atoms with Crippen molar-refractivity contribution in [3.8, 4) is 0 Å². The van der Waals surface area contributed by atoms with Crippen molar-refractivity contribution in [1.29, 1.82) is 0 Å². The molecule has 1 fully saturated rings. The van der Waals surface area contributed by atoms with Gasteiger partial charge in [-0.25, -0.2) is 0 Å². The fourth-order valence-corrected chi connectivity index (χ4v) is 3.14. The van der Waals surface area contributed by atoms with Crippen LogP contribution in [0, 0.1) is 11.3 Å². The summed E-state index contributed by atoms with van der Waals surface area (Å²) in [4.78, 5) is 4.66. The molecule has 1 heteroatoms. The summed E-state index contributed by atoms with van der Waals surface area (Å²) in [6, 6.07) is 4.50. The summed E-state index contributed by atoms with van der Waals surface area (Å²) in [7, 11) is 0. The first kappa shape index (κ1) is 13.6. The van der Waals surface area contributed by atoms with E-state index < -0.39 is 0 Å². The summed E-state index contributed by atoms with van der Waals surface area (Å²) in [5.41, 5.74) is 3.14. The van der Waals surface area contributed by atoms with Crippen molar-refractivity contribution in [1.82, 2.24) is 4.98 Å². The molecule has 0 bridgehead atoms. The predicted octanol–water partition coefficient (Wildman–Crippen LogP) is 4.96. The Bertz CT molecular complexity index is 364. The minimum Gasteiger partial charge on any atom is -0.261 e. The zero-order valence-electron chi connectivity index (χ0n) is 12.4. The maximum Gasteiger partial charge on any atom is 0.0434 e. The van der Waals surface area contributed by atoms with Crippen LogP contribution in [-0.4, -0.2) is 4.98 Å². The van der Waals surface area contributed by atoms with Crippen molar-refractivity contribution in [2.75, 3.05) is 0 Å². The summed E-state index contributed by atoms with van der Waals surface area (Å²) in [6.45, 7) is 9.33. The molecule has 0 unspecified atom stereocenters. The van der Waals surface area contributed by atoms with Crippen LogP contribution in [0.1, 0.15) is 70.6 Å². The Hall–Kier alpha value is -0.850. The number of aromatic nitrogens is 1. The third-order valence-electron chi connectivity index (χ3n) is 4.63. The molecule has 0 saturated heterocycles. The van der Waals surface area contributed by atoms with Crippen molar-refractivity contribution >= 4 is 0 Å². The highest BCUT2D eigenvalue weighted by Crippen LogP contribution is 2.42. The smallest absolute Gasteiger partial charge is 0.0434 e. The highest BCUT2D eigenvalue weighted by atomic mass is 14.7. The molecule has 0 radical (unpaired) electrons. The van der Waals surface area contributed by atoms with Crippen molar-refractivity contribution in [2.45, 2.75) is 65.7 Å². The van der Waals surface area contributed by atoms with Crippen molar-refractivity contribution in [3.63, 3.8) is 0 Å². The van der Waals surface area contributed by atoms with Crippen LogP contribution in [0.2, 0.25) is 0 Å². The normalized spacial score (nSPS) is 25.1. The lowest BCUT2D eigenvalue weighted by Gasteiger charge is -2.36. The van der Waals surface area contributed by atoms with Gasteiger partial charge in [0.15, 0.2) is 0 Å². The third-order valence-corrected chi connectivity index (χ3v) is 4.63. The molecule has 1 aliphatic rings. The molecule has 0 spiro atoms. The minimum absolute atomic E-state index is 0.477. The molecule has 1 aliphatic carbocycles. The second-order valence-corrected chi connectivity index (χ2v) is 6.86. The Morgan fingerprint density at radius 2 is 1.78 bits per heavy atom. The van der Waals surface area contributed by atoms with Gasteiger partial charge in [-0.15, -0.1) is 0 Å². The SMILES string of the molecule is CCc1ccc([C@H]2CC[C@H](C(C)(C)C)CC2)nc1. The first-order valence-corrected chi connectivity index (χ1v) is 7.45. The fourth-order valence-electron chi connectivity index (χ4n) is 3.14. The molecule has 1 saturated carbocycles. The lowest BCUT2D eigenvalue weighted by molar-refractivity contribution is 0.168. The van der Waals surface area contributed by atoms with Crippen LogP contribution in [-0.2, 0) is 6.42 Å². The standard InChI is InChI=1S/C17H27N/c1-5-13-6-11-16(18-12-13)14-7-9-15(10-8-14)17(2,3)4/h6,11-12,14-15H,5,7-10H2,1-4H3/t14-,15-. The van der Waals surface area contributed by atoms with Crippen LogP contribution in [0.25, 0.3) is 0 Å². The molecule has 100 valence electrons. The highest BCUT2D eigenvalue weighted by Gasteiger charge is 2.30. The Morgan fingerprint density at radius 3 is 2.22 bits per heavy atom. The summed E-state index contributed by atoms with van der Waals surface area (Å²) in [5.74, 6) is 1.60. The van der Waals surface area contributed by atoms with E-state index >= 15 is 0 Å². The van der Waals surface area contributed by atoms with Crippen LogP contribution in [0.5, 0.6) is 0 Å². The topological polar surface area (TPSA) is 12.9 Å². The molecule has 0 atom stereocenters. The fraction of sp³-hybridized carbons (Fsp3) is 0.706. The van der Waals surface area contributed by atoms with E-state index in [1.54, 1.807) is 0 Å². The number of aryl methyl sites for hydroxylation is 1. The first-order valence-electron chi connectivity index (χ1n) is 7.45. The molecule has 0 amide bonds. The lowest BCUT2D eigenvalue weighted by atomic mass is 9.69. The van der Waals surface area contributed by atoms with Gasteiger partial charge in [0.1, 0.15) is 0 Å². The van der Waals surface area contributed by atoms with Crippen LogP contribution in [0.3, 0.4) is 0 Å². The van der Waals surface area contributed by atoms with Crippen LogP contribution < -0.4 is 0 Å². The average molecular weight is 245 g/mol. The molecule has 0 aliphatic heterocycles. The molecular formula is C17H27N. The van der Waals surface area contributed by atoms with E-state index in [4.69, 9.17) is 0 Å². The van der Waals surface area contributed by atoms with E-state index in [0.717, 1.165) is 12.3 Å². The molecule has 0 aromatic carbocycles. The maximum absolute atomic E-state index is 4.66. The van der Waals surface area contributed by atoms with Gasteiger partial charge in [-0.3, -0.25) is 4.98 Å². The first-order chi connectivity index (χ1) is 8.50. The number of pyridine rings is 1. The van der Waals surface area contributed by atoms with Gasteiger partial charge in [-0.05, 0) is 55.1 Å². The highest BCUT2D eigenvalue weighted by molar-refractivity contribution is 5.17. The summed E-state index contributed by atoms with van der Waals surface area (Å²) >= 11 is 0. The maximum atomic E-state index is 4.66. The molecule has 18 heavy (non-hydrogen) atoms. The monoisotopic (exact) mass is 245 g/mol. The molecule has 1 aromatic rings. The van der Waals surface area contributed by atoms with Gasteiger partial charge in [0.2, 0.25) is 0 Å². The van der Waals surface area contributed by atoms with E-state index in [1.165, 1.54) is 36.9 Å². The van der Waals surface area contributed by atoms with Crippen LogP contribution >= 0.6 is 0 Å². The van der Waals surface area contributed by atoms with Gasteiger partial charge in [0, 0.05) is 17.8 Å². The largest absolute Gasteiger partial charge is 0.261 e. The second-order valence-electron chi connectivity index (χ2n) is 6.86. The quantitative estimate of drug-likeness (QED) is 0.717. The summed E-state index contributed by atoms with van der Waals surface area (Å²) in [5, 5.41) is 0. The van der Waals surface area contributed by atoms with E-state index in [9.17, 15) is 0 Å². The molecule has 1 nitrogen and oxygen atoms in total. The number of hydrogen-bond donors (Lipinski definition) is 0. The minimum atomic E-state index is 0.477. The summed E-state index contributed by atoms with van der Waals surface area (Å²) in [6.07, 6.45) is 8.52. The molecular weight excluding hydrogens is 218 g/mol. The zero-order chi connectivity index (χ0) is 13.2. The number of nitrogens with zero attached hydrogens (tertiary/aromatic N) is 1. The van der Waals surface area contributed by atoms with E-state index in [1.807, 2.05) is 0 Å². The van der Waals surface area contributed by atoms with Crippen LogP contribution in [0.15, 0.2) is 18.3 Å². The van der Waals surface area contributed by atoms with Crippen LogP contribution in [0.4, 0.5) is 0 Å². The molecule has 2 rings (SSSR count). The molecule has 1 heterocycles. The van der Waals surface area contributed by atoms with E-state index in [2.05, 4.69) is 51.0 Å². The molecule has 1 aromatic heterocycles.